The van der Waals surface area contributed by atoms with E-state index in [-0.39, 0.29) is 11.3 Å². The Labute approximate surface area is 125 Å². The van der Waals surface area contributed by atoms with Crippen LogP contribution in [0.3, 0.4) is 0 Å². The number of nitrogens with zero attached hydrogens (tertiary/aromatic N) is 2. The molecule has 2 rings (SSSR count). The molecule has 0 aliphatic rings. The maximum Gasteiger partial charge on any atom is 0.282 e. The number of para-hydroxylation sites is 1. The summed E-state index contributed by atoms with van der Waals surface area (Å²) in [4.78, 5) is 27.5. The number of hydroxylamine groups is 1. The third-order valence-electron chi connectivity index (χ3n) is 2.76. The SMILES string of the molecule is CON(C(=O)c1ccc([N+](=O)[O-])cc1)c1ccccc1Cl. The quantitative estimate of drug-likeness (QED) is 0.640. The van der Waals surface area contributed by atoms with Crippen molar-refractivity contribution in [1.82, 2.24) is 0 Å². The summed E-state index contributed by atoms with van der Waals surface area (Å²) in [5.41, 5.74) is 0.556. The second-order valence-corrected chi connectivity index (χ2v) is 4.44. The Kier molecular flexibility index (Phi) is 4.52. The fourth-order valence-corrected chi connectivity index (χ4v) is 1.96. The van der Waals surface area contributed by atoms with Gasteiger partial charge in [-0.1, -0.05) is 23.7 Å². The number of non-ortho nitro benzene ring substituents is 1. The van der Waals surface area contributed by atoms with E-state index in [1.807, 2.05) is 0 Å². The molecule has 2 aromatic rings. The number of nitro benzene ring substituents is 1. The van der Waals surface area contributed by atoms with E-state index in [2.05, 4.69) is 0 Å². The zero-order valence-corrected chi connectivity index (χ0v) is 11.8. The predicted molar refractivity (Wildman–Crippen MR) is 78.4 cm³/mol. The van der Waals surface area contributed by atoms with Crippen LogP contribution in [-0.2, 0) is 4.84 Å². The molecule has 0 saturated carbocycles. The van der Waals surface area contributed by atoms with Crippen LogP contribution in [-0.4, -0.2) is 17.9 Å². The molecule has 6 nitrogen and oxygen atoms in total. The van der Waals surface area contributed by atoms with E-state index in [1.165, 1.54) is 31.4 Å². The number of hydrogen-bond acceptors (Lipinski definition) is 4. The van der Waals surface area contributed by atoms with Gasteiger partial charge in [0, 0.05) is 17.7 Å². The van der Waals surface area contributed by atoms with Crippen LogP contribution in [0.2, 0.25) is 5.02 Å². The number of nitro groups is 1. The van der Waals surface area contributed by atoms with Gasteiger partial charge in [0.2, 0.25) is 0 Å². The van der Waals surface area contributed by atoms with Gasteiger partial charge in [-0.3, -0.25) is 19.7 Å². The van der Waals surface area contributed by atoms with Crippen molar-refractivity contribution in [3.63, 3.8) is 0 Å². The van der Waals surface area contributed by atoms with Gasteiger partial charge in [-0.2, -0.15) is 5.06 Å². The van der Waals surface area contributed by atoms with Crippen molar-refractivity contribution in [2.24, 2.45) is 0 Å². The number of carbonyl (C=O) groups excluding carboxylic acids is 1. The Morgan fingerprint density at radius 3 is 2.33 bits per heavy atom. The summed E-state index contributed by atoms with van der Waals surface area (Å²) in [6.45, 7) is 0. The van der Waals surface area contributed by atoms with Gasteiger partial charge in [-0.15, -0.1) is 0 Å². The molecule has 0 unspecified atom stereocenters. The van der Waals surface area contributed by atoms with E-state index in [9.17, 15) is 14.9 Å². The molecule has 108 valence electrons. The highest BCUT2D eigenvalue weighted by Gasteiger charge is 2.20. The first-order valence-corrected chi connectivity index (χ1v) is 6.30. The molecule has 0 radical (unpaired) electrons. The monoisotopic (exact) mass is 306 g/mol. The van der Waals surface area contributed by atoms with Gasteiger partial charge < -0.3 is 0 Å². The number of benzene rings is 2. The molecule has 2 aromatic carbocycles. The number of anilines is 1. The van der Waals surface area contributed by atoms with Crippen molar-refractivity contribution in [3.8, 4) is 0 Å². The van der Waals surface area contributed by atoms with Crippen molar-refractivity contribution in [2.45, 2.75) is 0 Å². The largest absolute Gasteiger partial charge is 0.282 e. The Morgan fingerprint density at radius 1 is 1.19 bits per heavy atom. The summed E-state index contributed by atoms with van der Waals surface area (Å²) in [7, 11) is 1.34. The summed E-state index contributed by atoms with van der Waals surface area (Å²) >= 11 is 6.03. The standard InChI is InChI=1S/C14H11ClN2O4/c1-21-16(13-5-3-2-4-12(13)15)14(18)10-6-8-11(9-7-10)17(19)20/h2-9H,1H3. The van der Waals surface area contributed by atoms with Crippen molar-refractivity contribution < 1.29 is 14.6 Å². The number of carbonyl (C=O) groups is 1. The van der Waals surface area contributed by atoms with Gasteiger partial charge in [-0.05, 0) is 24.3 Å². The highest BCUT2D eigenvalue weighted by Crippen LogP contribution is 2.27. The summed E-state index contributed by atoms with van der Waals surface area (Å²) in [5, 5.41) is 12.0. The lowest BCUT2D eigenvalue weighted by molar-refractivity contribution is -0.384. The average molecular weight is 307 g/mol. The average Bonchev–Trinajstić information content (AvgIpc) is 2.50. The third kappa shape index (κ3) is 3.18. The van der Waals surface area contributed by atoms with Crippen molar-refractivity contribution in [1.29, 1.82) is 0 Å². The van der Waals surface area contributed by atoms with Crippen LogP contribution in [0.4, 0.5) is 11.4 Å². The molecule has 0 spiro atoms. The van der Waals surface area contributed by atoms with Gasteiger partial charge >= 0.3 is 0 Å². The molecule has 0 heterocycles. The Bertz CT molecular complexity index is 673. The van der Waals surface area contributed by atoms with Gasteiger partial charge in [0.1, 0.15) is 0 Å². The van der Waals surface area contributed by atoms with Crippen LogP contribution in [0.5, 0.6) is 0 Å². The first-order valence-electron chi connectivity index (χ1n) is 5.92. The third-order valence-corrected chi connectivity index (χ3v) is 3.08. The fourth-order valence-electron chi connectivity index (χ4n) is 1.75. The molecule has 0 bridgehead atoms. The summed E-state index contributed by atoms with van der Waals surface area (Å²) in [5.74, 6) is -0.472. The number of rotatable bonds is 4. The predicted octanol–water partition coefficient (Wildman–Crippen LogP) is 3.46. The lowest BCUT2D eigenvalue weighted by Crippen LogP contribution is -2.29. The van der Waals surface area contributed by atoms with E-state index in [0.29, 0.717) is 10.7 Å². The summed E-state index contributed by atoms with van der Waals surface area (Å²) in [6, 6.07) is 12.0. The van der Waals surface area contributed by atoms with Gasteiger partial charge in [0.05, 0.1) is 22.7 Å². The first-order chi connectivity index (χ1) is 10.0. The second-order valence-electron chi connectivity index (χ2n) is 4.04. The topological polar surface area (TPSA) is 72.7 Å². The minimum absolute atomic E-state index is 0.0896. The molecule has 0 fully saturated rings. The van der Waals surface area contributed by atoms with Crippen molar-refractivity contribution in [3.05, 3.63) is 69.2 Å². The lowest BCUT2D eigenvalue weighted by atomic mass is 10.2. The van der Waals surface area contributed by atoms with Crippen molar-refractivity contribution in [2.75, 3.05) is 12.2 Å². The molecular weight excluding hydrogens is 296 g/mol. The molecule has 0 aromatic heterocycles. The van der Waals surface area contributed by atoms with Gasteiger partial charge in [-0.25, -0.2) is 0 Å². The van der Waals surface area contributed by atoms with Crippen LogP contribution in [0, 0.1) is 10.1 Å². The maximum absolute atomic E-state index is 12.4. The van der Waals surface area contributed by atoms with E-state index in [1.54, 1.807) is 24.3 Å². The fraction of sp³-hybridized carbons (Fsp3) is 0.0714. The Morgan fingerprint density at radius 2 is 1.81 bits per heavy atom. The highest BCUT2D eigenvalue weighted by molar-refractivity contribution is 6.33. The van der Waals surface area contributed by atoms with Gasteiger partial charge in [0.15, 0.2) is 0 Å². The normalized spacial score (nSPS) is 10.2. The Balaban J connectivity index is 2.32. The number of hydrogen-bond donors (Lipinski definition) is 0. The van der Waals surface area contributed by atoms with Crippen LogP contribution in [0.15, 0.2) is 48.5 Å². The van der Waals surface area contributed by atoms with Gasteiger partial charge in [0.25, 0.3) is 11.6 Å². The minimum Gasteiger partial charge on any atom is -0.269 e. The molecule has 0 aliphatic heterocycles. The molecule has 1 amide bonds. The minimum atomic E-state index is -0.531. The molecule has 0 saturated heterocycles. The molecule has 21 heavy (non-hydrogen) atoms. The van der Waals surface area contributed by atoms with Crippen LogP contribution < -0.4 is 5.06 Å². The van der Waals surface area contributed by atoms with Crippen LogP contribution >= 0.6 is 11.6 Å². The van der Waals surface area contributed by atoms with Crippen LogP contribution in [0.25, 0.3) is 0 Å². The highest BCUT2D eigenvalue weighted by atomic mass is 35.5. The lowest BCUT2D eigenvalue weighted by Gasteiger charge is -2.20. The first kappa shape index (κ1) is 15.0. The maximum atomic E-state index is 12.4. The zero-order valence-electron chi connectivity index (χ0n) is 11.0. The number of amides is 1. The van der Waals surface area contributed by atoms with E-state index < -0.39 is 10.8 Å². The molecule has 0 aliphatic carbocycles. The zero-order chi connectivity index (χ0) is 15.4. The molecule has 0 atom stereocenters. The summed E-state index contributed by atoms with van der Waals surface area (Å²) in [6.07, 6.45) is 0. The van der Waals surface area contributed by atoms with E-state index in [4.69, 9.17) is 16.4 Å². The van der Waals surface area contributed by atoms with E-state index in [0.717, 1.165) is 5.06 Å². The van der Waals surface area contributed by atoms with Crippen LogP contribution in [0.1, 0.15) is 10.4 Å². The summed E-state index contributed by atoms with van der Waals surface area (Å²) < 4.78 is 0. The molecule has 7 heteroatoms. The van der Waals surface area contributed by atoms with Crippen molar-refractivity contribution >= 4 is 28.9 Å². The smallest absolute Gasteiger partial charge is 0.269 e. The number of halogens is 1. The molecule has 0 N–H and O–H groups in total. The molecular formula is C14H11ClN2O4. The second kappa shape index (κ2) is 6.34. The van der Waals surface area contributed by atoms with E-state index >= 15 is 0 Å². The Hall–Kier alpha value is -2.44.